The number of carboxylic acids is 2. The Morgan fingerprint density at radius 3 is 1.95 bits per heavy atom. The molecule has 0 aliphatic rings. The molecular formula is C8H18N3O8P. The molecule has 0 aromatic rings. The molecule has 0 amide bonds. The third-order valence-corrected chi connectivity index (χ3v) is 1.93. The summed E-state index contributed by atoms with van der Waals surface area (Å²) in [5.41, 5.74) is 5.07. The number of aliphatic hydroxyl groups is 1. The minimum atomic E-state index is -4.59. The summed E-state index contributed by atoms with van der Waals surface area (Å²) in [6, 6.07) is 0. The number of aliphatic hydroxyl groups excluding tert-OH is 1. The summed E-state index contributed by atoms with van der Waals surface area (Å²) < 4.78 is 13.1. The molecule has 0 aliphatic carbocycles. The van der Waals surface area contributed by atoms with E-state index >= 15 is 0 Å². The molecule has 20 heavy (non-hydrogen) atoms. The Labute approximate surface area is 114 Å². The first-order chi connectivity index (χ1) is 8.85. The summed E-state index contributed by atoms with van der Waals surface area (Å²) in [6.07, 6.45) is -0.891. The van der Waals surface area contributed by atoms with Crippen molar-refractivity contribution in [2.45, 2.75) is 19.4 Å². The molecule has 11 nitrogen and oxygen atoms in total. The molecule has 0 radical (unpaired) electrons. The molecule has 12 heteroatoms. The van der Waals surface area contributed by atoms with Crippen molar-refractivity contribution in [1.29, 1.82) is 0 Å². The second kappa shape index (κ2) is 9.26. The van der Waals surface area contributed by atoms with Gasteiger partial charge in [-0.1, -0.05) is 0 Å². The summed E-state index contributed by atoms with van der Waals surface area (Å²) in [4.78, 5) is 37.4. The van der Waals surface area contributed by atoms with Crippen LogP contribution in [0.4, 0.5) is 0 Å². The van der Waals surface area contributed by atoms with Crippen molar-refractivity contribution >= 4 is 25.6 Å². The van der Waals surface area contributed by atoms with E-state index < -0.39 is 38.3 Å². The van der Waals surface area contributed by atoms with Crippen LogP contribution < -0.4 is 5.73 Å². The van der Waals surface area contributed by atoms with Gasteiger partial charge in [0.1, 0.15) is 6.54 Å². The highest BCUT2D eigenvalue weighted by atomic mass is 31.2. The van der Waals surface area contributed by atoms with Gasteiger partial charge in [0.25, 0.3) is 0 Å². The highest BCUT2D eigenvalue weighted by Gasteiger charge is 2.14. The van der Waals surface area contributed by atoms with Gasteiger partial charge in [0.2, 0.25) is 5.96 Å². The van der Waals surface area contributed by atoms with Gasteiger partial charge in [-0.3, -0.25) is 9.59 Å². The standard InChI is InChI=1S/C4H10N3O5P.C4H8O3/c1-7(2-3(8)9)4(5)6-13(10,11)12;1-3(5)2-4(6)7/h2H2,1H3,(H,8,9)(H4,5,6,10,11,12);3,5H,2H2,1H3,(H,6,7). The molecule has 0 aliphatic heterocycles. The van der Waals surface area contributed by atoms with Crippen molar-refractivity contribution in [2.75, 3.05) is 13.6 Å². The van der Waals surface area contributed by atoms with Crippen LogP contribution in [0, 0.1) is 0 Å². The second-order valence-corrected chi connectivity index (χ2v) is 4.89. The Hall–Kier alpha value is -1.68. The van der Waals surface area contributed by atoms with Gasteiger partial charge in [-0.15, -0.1) is 4.76 Å². The summed E-state index contributed by atoms with van der Waals surface area (Å²) in [5.74, 6) is -2.66. The number of hydrogen-bond acceptors (Lipinski definition) is 4. The second-order valence-electron chi connectivity index (χ2n) is 3.67. The normalized spacial score (nSPS) is 12.9. The summed E-state index contributed by atoms with van der Waals surface area (Å²) in [7, 11) is -3.34. The Morgan fingerprint density at radius 2 is 1.75 bits per heavy atom. The first-order valence-corrected chi connectivity index (χ1v) is 6.65. The fourth-order valence-electron chi connectivity index (χ4n) is 0.746. The molecular weight excluding hydrogens is 297 g/mol. The van der Waals surface area contributed by atoms with Crippen LogP contribution in [-0.4, -0.2) is 67.6 Å². The maximum Gasteiger partial charge on any atom is 0.451 e. The summed E-state index contributed by atoms with van der Waals surface area (Å²) in [6.45, 7) is 0.962. The lowest BCUT2D eigenvalue weighted by Crippen LogP contribution is -2.37. The molecule has 0 bridgehead atoms. The summed E-state index contributed by atoms with van der Waals surface area (Å²) in [5, 5.41) is 24.6. The number of carboxylic acid groups (broad SMARTS) is 2. The molecule has 0 aromatic carbocycles. The number of rotatable bonds is 5. The van der Waals surface area contributed by atoms with Crippen molar-refractivity contribution in [3.05, 3.63) is 0 Å². The Kier molecular flexibility index (Phi) is 9.55. The number of nitrogens with two attached hydrogens (primary N) is 1. The Balaban J connectivity index is 0. The van der Waals surface area contributed by atoms with Crippen molar-refractivity contribution < 1.29 is 39.3 Å². The largest absolute Gasteiger partial charge is 0.481 e. The topological polar surface area (TPSA) is 194 Å². The van der Waals surface area contributed by atoms with E-state index in [-0.39, 0.29) is 6.42 Å². The van der Waals surface area contributed by atoms with Gasteiger partial charge in [-0.2, -0.15) is 0 Å². The van der Waals surface area contributed by atoms with Gasteiger partial charge in [0.05, 0.1) is 12.5 Å². The molecule has 0 fully saturated rings. The molecule has 0 rings (SSSR count). The predicted octanol–water partition coefficient (Wildman–Crippen LogP) is -1.75. The number of hydrogen-bond donors (Lipinski definition) is 6. The van der Waals surface area contributed by atoms with Crippen molar-refractivity contribution in [3.63, 3.8) is 0 Å². The fourth-order valence-corrected chi connectivity index (χ4v) is 1.17. The number of likely N-dealkylation sites (N-methyl/N-ethyl adjacent to an activating group) is 1. The minimum Gasteiger partial charge on any atom is -0.481 e. The van der Waals surface area contributed by atoms with E-state index in [2.05, 4.69) is 4.76 Å². The predicted molar refractivity (Wildman–Crippen MR) is 67.9 cm³/mol. The molecule has 0 spiro atoms. The van der Waals surface area contributed by atoms with Crippen molar-refractivity contribution in [3.8, 4) is 0 Å². The van der Waals surface area contributed by atoms with Crippen LogP contribution in [0.5, 0.6) is 0 Å². The average Bonchev–Trinajstić information content (AvgIpc) is 2.11. The zero-order valence-electron chi connectivity index (χ0n) is 10.9. The lowest BCUT2D eigenvalue weighted by Gasteiger charge is -2.14. The van der Waals surface area contributed by atoms with Gasteiger partial charge in [-0.05, 0) is 6.92 Å². The number of nitrogens with zero attached hydrogens (tertiary/aromatic N) is 2. The monoisotopic (exact) mass is 315 g/mol. The van der Waals surface area contributed by atoms with Gasteiger partial charge < -0.3 is 35.7 Å². The average molecular weight is 315 g/mol. The third kappa shape index (κ3) is 16.3. The smallest absolute Gasteiger partial charge is 0.451 e. The number of aliphatic carboxylic acids is 2. The van der Waals surface area contributed by atoms with E-state index in [4.69, 9.17) is 30.8 Å². The molecule has 0 heterocycles. The first kappa shape index (κ1) is 20.6. The van der Waals surface area contributed by atoms with Gasteiger partial charge in [0, 0.05) is 7.05 Å². The maximum atomic E-state index is 10.3. The van der Waals surface area contributed by atoms with Crippen LogP contribution in [-0.2, 0) is 14.2 Å². The van der Waals surface area contributed by atoms with Crippen molar-refractivity contribution in [1.82, 2.24) is 4.90 Å². The highest BCUT2D eigenvalue weighted by molar-refractivity contribution is 7.50. The SMILES string of the molecule is CC(O)CC(=O)O.CN(CC(=O)O)/C(N)=N/P(=O)(O)O. The molecule has 1 unspecified atom stereocenters. The van der Waals surface area contributed by atoms with Crippen LogP contribution in [0.3, 0.4) is 0 Å². The molecule has 0 saturated carbocycles. The highest BCUT2D eigenvalue weighted by Crippen LogP contribution is 2.35. The molecule has 118 valence electrons. The quantitative estimate of drug-likeness (QED) is 0.192. The molecule has 1 atom stereocenters. The maximum absolute atomic E-state index is 10.3. The minimum absolute atomic E-state index is 0.167. The van der Waals surface area contributed by atoms with E-state index in [1.807, 2.05) is 0 Å². The van der Waals surface area contributed by atoms with E-state index in [0.29, 0.717) is 0 Å². The zero-order chi connectivity index (χ0) is 16.5. The number of guanidine groups is 1. The molecule has 0 aromatic heterocycles. The van der Waals surface area contributed by atoms with E-state index in [9.17, 15) is 14.2 Å². The van der Waals surface area contributed by atoms with Crippen LogP contribution >= 0.6 is 7.75 Å². The zero-order valence-corrected chi connectivity index (χ0v) is 11.8. The van der Waals surface area contributed by atoms with Gasteiger partial charge in [-0.25, -0.2) is 4.57 Å². The third-order valence-electron chi connectivity index (χ3n) is 1.47. The van der Waals surface area contributed by atoms with Crippen LogP contribution in [0.2, 0.25) is 0 Å². The fraction of sp³-hybridized carbons (Fsp3) is 0.625. The van der Waals surface area contributed by atoms with E-state index in [1.54, 1.807) is 0 Å². The lowest BCUT2D eigenvalue weighted by atomic mass is 10.3. The Bertz CT molecular complexity index is 405. The first-order valence-electron chi connectivity index (χ1n) is 5.09. The van der Waals surface area contributed by atoms with Gasteiger partial charge in [0.15, 0.2) is 0 Å². The summed E-state index contributed by atoms with van der Waals surface area (Å²) >= 11 is 0. The van der Waals surface area contributed by atoms with Crippen LogP contribution in [0.15, 0.2) is 4.76 Å². The van der Waals surface area contributed by atoms with E-state index in [1.165, 1.54) is 14.0 Å². The Morgan fingerprint density at radius 1 is 1.30 bits per heavy atom. The van der Waals surface area contributed by atoms with Crippen molar-refractivity contribution in [2.24, 2.45) is 10.5 Å². The van der Waals surface area contributed by atoms with E-state index in [0.717, 1.165) is 4.90 Å². The number of carbonyl (C=O) groups is 2. The lowest BCUT2D eigenvalue weighted by molar-refractivity contribution is -0.139. The van der Waals surface area contributed by atoms with Crippen LogP contribution in [0.1, 0.15) is 13.3 Å². The van der Waals surface area contributed by atoms with Gasteiger partial charge >= 0.3 is 19.7 Å². The molecule has 7 N–H and O–H groups in total. The van der Waals surface area contributed by atoms with Crippen LogP contribution in [0.25, 0.3) is 0 Å². The molecule has 0 saturated heterocycles.